The number of alkyl halides is 3. The van der Waals surface area contributed by atoms with Gasteiger partial charge in [0.1, 0.15) is 5.69 Å². The Kier molecular flexibility index (Phi) is 4.59. The highest BCUT2D eigenvalue weighted by atomic mass is 35.5. The van der Waals surface area contributed by atoms with Crippen LogP contribution in [0.4, 0.5) is 24.5 Å². The summed E-state index contributed by atoms with van der Waals surface area (Å²) in [6.07, 6.45) is 1.83. The first kappa shape index (κ1) is 17.5. The molecule has 3 rings (SSSR count). The van der Waals surface area contributed by atoms with Crippen LogP contribution in [0.25, 0.3) is 0 Å². The molecule has 0 saturated carbocycles. The summed E-state index contributed by atoms with van der Waals surface area (Å²) in [4.78, 5) is 16.3. The third-order valence-corrected chi connectivity index (χ3v) is 4.55. The van der Waals surface area contributed by atoms with Gasteiger partial charge in [-0.3, -0.25) is 10.1 Å². The van der Waals surface area contributed by atoms with Crippen molar-refractivity contribution in [3.63, 3.8) is 0 Å². The van der Waals surface area contributed by atoms with Crippen LogP contribution < -0.4 is 4.90 Å². The molecule has 2 heterocycles. The third kappa shape index (κ3) is 3.55. The molecule has 1 fully saturated rings. The van der Waals surface area contributed by atoms with Gasteiger partial charge in [-0.15, -0.1) is 0 Å². The minimum atomic E-state index is -4.75. The van der Waals surface area contributed by atoms with Crippen LogP contribution >= 0.6 is 11.6 Å². The Balaban J connectivity index is 2.00. The summed E-state index contributed by atoms with van der Waals surface area (Å²) in [5.74, 6) is 0. The molecule has 1 saturated heterocycles. The van der Waals surface area contributed by atoms with Crippen molar-refractivity contribution in [3.8, 4) is 0 Å². The van der Waals surface area contributed by atoms with Crippen LogP contribution in [0.5, 0.6) is 0 Å². The van der Waals surface area contributed by atoms with Gasteiger partial charge in [0.05, 0.1) is 21.8 Å². The number of imidazole rings is 1. The average Bonchev–Trinajstić information content (AvgIpc) is 3.17. The Morgan fingerprint density at radius 1 is 1.40 bits per heavy atom. The summed E-state index contributed by atoms with van der Waals surface area (Å²) < 4.78 is 40.8. The van der Waals surface area contributed by atoms with Crippen molar-refractivity contribution in [3.05, 3.63) is 51.6 Å². The molecule has 0 bridgehead atoms. The van der Waals surface area contributed by atoms with Crippen molar-refractivity contribution >= 4 is 23.0 Å². The van der Waals surface area contributed by atoms with E-state index in [2.05, 4.69) is 4.98 Å². The second kappa shape index (κ2) is 6.55. The van der Waals surface area contributed by atoms with Crippen LogP contribution in [0.15, 0.2) is 30.9 Å². The molecule has 1 aliphatic rings. The fourth-order valence-corrected chi connectivity index (χ4v) is 3.39. The zero-order valence-corrected chi connectivity index (χ0v) is 13.7. The summed E-state index contributed by atoms with van der Waals surface area (Å²) in [6.45, 7) is 1.05. The molecule has 134 valence electrons. The lowest BCUT2D eigenvalue weighted by Gasteiger charge is -2.27. The highest BCUT2D eigenvalue weighted by Crippen LogP contribution is 2.43. The van der Waals surface area contributed by atoms with Crippen molar-refractivity contribution in [2.75, 3.05) is 11.4 Å². The van der Waals surface area contributed by atoms with E-state index in [1.54, 1.807) is 23.6 Å². The molecular formula is C15H14ClF3N4O2. The van der Waals surface area contributed by atoms with Crippen molar-refractivity contribution in [2.45, 2.75) is 31.6 Å². The van der Waals surface area contributed by atoms with E-state index in [9.17, 15) is 23.3 Å². The summed E-state index contributed by atoms with van der Waals surface area (Å²) in [7, 11) is 0. The predicted molar refractivity (Wildman–Crippen MR) is 85.7 cm³/mol. The van der Waals surface area contributed by atoms with Crippen LogP contribution in [0.1, 0.15) is 18.4 Å². The molecule has 1 atom stereocenters. The van der Waals surface area contributed by atoms with E-state index < -0.39 is 27.4 Å². The number of anilines is 1. The lowest BCUT2D eigenvalue weighted by Crippen LogP contribution is -2.33. The van der Waals surface area contributed by atoms with Crippen molar-refractivity contribution in [1.82, 2.24) is 9.55 Å². The minimum Gasteiger partial charge on any atom is -0.361 e. The standard InChI is InChI=1S/C15H14ClF3N4O2/c16-12-7-13(14(23(24)25)6-11(12)15(17,18)19)22-4-1-2-10(22)8-21-5-3-20-9-21/h3,5-7,9-10H,1-2,4,8H2. The molecule has 0 N–H and O–H groups in total. The predicted octanol–water partition coefficient (Wildman–Crippen LogP) is 4.13. The maximum Gasteiger partial charge on any atom is 0.418 e. The molecular weight excluding hydrogens is 361 g/mol. The lowest BCUT2D eigenvalue weighted by molar-refractivity contribution is -0.384. The Hall–Kier alpha value is -2.29. The second-order valence-corrected chi connectivity index (χ2v) is 6.23. The molecule has 0 aliphatic carbocycles. The van der Waals surface area contributed by atoms with Crippen molar-refractivity contribution < 1.29 is 18.1 Å². The van der Waals surface area contributed by atoms with E-state index in [0.29, 0.717) is 19.2 Å². The summed E-state index contributed by atoms with van der Waals surface area (Å²) >= 11 is 5.78. The van der Waals surface area contributed by atoms with Crippen LogP contribution in [0.3, 0.4) is 0 Å². The number of halogens is 4. The first-order chi connectivity index (χ1) is 11.8. The largest absolute Gasteiger partial charge is 0.418 e. The van der Waals surface area contributed by atoms with E-state index >= 15 is 0 Å². The van der Waals surface area contributed by atoms with Gasteiger partial charge < -0.3 is 9.47 Å². The number of hydrogen-bond donors (Lipinski definition) is 0. The SMILES string of the molecule is O=[N+]([O-])c1cc(C(F)(F)F)c(Cl)cc1N1CCCC1Cn1ccnc1. The third-order valence-electron chi connectivity index (χ3n) is 4.23. The highest BCUT2D eigenvalue weighted by molar-refractivity contribution is 6.31. The Morgan fingerprint density at radius 3 is 2.76 bits per heavy atom. The summed E-state index contributed by atoms with van der Waals surface area (Å²) in [5, 5.41) is 10.8. The van der Waals surface area contributed by atoms with Gasteiger partial charge >= 0.3 is 6.18 Å². The number of hydrogen-bond acceptors (Lipinski definition) is 4. The van der Waals surface area contributed by atoms with Crippen LogP contribution in [0.2, 0.25) is 5.02 Å². The Bertz CT molecular complexity index is 780. The monoisotopic (exact) mass is 374 g/mol. The normalized spacial score (nSPS) is 17.9. The summed E-state index contributed by atoms with van der Waals surface area (Å²) in [6, 6.07) is 1.49. The molecule has 1 aliphatic heterocycles. The molecule has 0 spiro atoms. The summed E-state index contributed by atoms with van der Waals surface area (Å²) in [5.41, 5.74) is -1.67. The number of benzene rings is 1. The van der Waals surface area contributed by atoms with Crippen molar-refractivity contribution in [2.24, 2.45) is 0 Å². The Labute approximate surface area is 146 Å². The molecule has 25 heavy (non-hydrogen) atoms. The molecule has 1 aromatic carbocycles. The quantitative estimate of drug-likeness (QED) is 0.596. The van der Waals surface area contributed by atoms with Gasteiger partial charge in [0.15, 0.2) is 0 Å². The fourth-order valence-electron chi connectivity index (χ4n) is 3.13. The molecule has 10 heteroatoms. The van der Waals surface area contributed by atoms with E-state index in [0.717, 1.165) is 18.9 Å². The minimum absolute atomic E-state index is 0.0827. The first-order valence-electron chi connectivity index (χ1n) is 7.55. The molecule has 0 radical (unpaired) electrons. The topological polar surface area (TPSA) is 64.2 Å². The van der Waals surface area contributed by atoms with Crippen molar-refractivity contribution in [1.29, 1.82) is 0 Å². The van der Waals surface area contributed by atoms with Gasteiger partial charge in [-0.05, 0) is 18.9 Å². The van der Waals surface area contributed by atoms with E-state index in [-0.39, 0.29) is 11.7 Å². The first-order valence-corrected chi connectivity index (χ1v) is 7.92. The van der Waals surface area contributed by atoms with E-state index in [1.165, 1.54) is 0 Å². The molecule has 0 amide bonds. The van der Waals surface area contributed by atoms with E-state index in [1.807, 2.05) is 4.57 Å². The van der Waals surface area contributed by atoms with E-state index in [4.69, 9.17) is 11.6 Å². The van der Waals surface area contributed by atoms with Gasteiger partial charge in [-0.1, -0.05) is 11.6 Å². The fraction of sp³-hybridized carbons (Fsp3) is 0.400. The van der Waals surface area contributed by atoms with Gasteiger partial charge in [0, 0.05) is 37.6 Å². The lowest BCUT2D eigenvalue weighted by atomic mass is 10.1. The number of aromatic nitrogens is 2. The van der Waals surface area contributed by atoms with Gasteiger partial charge in [0.2, 0.25) is 0 Å². The van der Waals surface area contributed by atoms with Gasteiger partial charge in [-0.2, -0.15) is 13.2 Å². The maximum atomic E-state index is 13.0. The number of nitrogens with zero attached hydrogens (tertiary/aromatic N) is 4. The zero-order chi connectivity index (χ0) is 18.2. The highest BCUT2D eigenvalue weighted by Gasteiger charge is 2.38. The van der Waals surface area contributed by atoms with Gasteiger partial charge in [0.25, 0.3) is 5.69 Å². The van der Waals surface area contributed by atoms with Gasteiger partial charge in [-0.25, -0.2) is 4.98 Å². The maximum absolute atomic E-state index is 13.0. The smallest absolute Gasteiger partial charge is 0.361 e. The molecule has 1 aromatic heterocycles. The average molecular weight is 375 g/mol. The second-order valence-electron chi connectivity index (χ2n) is 5.82. The number of nitro benzene ring substituents is 1. The number of nitro groups is 1. The number of rotatable bonds is 4. The molecule has 1 unspecified atom stereocenters. The van der Waals surface area contributed by atoms with Crippen LogP contribution in [-0.4, -0.2) is 27.1 Å². The molecule has 2 aromatic rings. The Morgan fingerprint density at radius 2 is 2.16 bits per heavy atom. The zero-order valence-electron chi connectivity index (χ0n) is 12.9. The molecule has 6 nitrogen and oxygen atoms in total. The van der Waals surface area contributed by atoms with Crippen LogP contribution in [0, 0.1) is 10.1 Å². The van der Waals surface area contributed by atoms with Crippen LogP contribution in [-0.2, 0) is 12.7 Å².